The van der Waals surface area contributed by atoms with E-state index in [9.17, 15) is 9.18 Å². The summed E-state index contributed by atoms with van der Waals surface area (Å²) in [5.41, 5.74) is 1.54. The third kappa shape index (κ3) is 4.14. The first-order valence-corrected chi connectivity index (χ1v) is 7.81. The highest BCUT2D eigenvalue weighted by Crippen LogP contribution is 2.17. The number of nitrogens with zero attached hydrogens (tertiary/aromatic N) is 2. The summed E-state index contributed by atoms with van der Waals surface area (Å²) in [6.45, 7) is 0. The van der Waals surface area contributed by atoms with Crippen molar-refractivity contribution in [3.63, 3.8) is 0 Å². The molecule has 0 unspecified atom stereocenters. The van der Waals surface area contributed by atoms with Gasteiger partial charge in [0.25, 0.3) is 5.91 Å². The van der Waals surface area contributed by atoms with Crippen molar-refractivity contribution in [2.24, 2.45) is 0 Å². The summed E-state index contributed by atoms with van der Waals surface area (Å²) in [6.07, 6.45) is 1.29. The van der Waals surface area contributed by atoms with Crippen LogP contribution >= 0.6 is 15.9 Å². The van der Waals surface area contributed by atoms with E-state index in [1.165, 1.54) is 24.5 Å². The molecule has 120 valence electrons. The number of hydrogen-bond donors (Lipinski definition) is 2. The van der Waals surface area contributed by atoms with Crippen molar-refractivity contribution in [1.82, 2.24) is 9.97 Å². The van der Waals surface area contributed by atoms with E-state index in [4.69, 9.17) is 0 Å². The third-order valence-electron chi connectivity index (χ3n) is 3.12. The molecule has 24 heavy (non-hydrogen) atoms. The Bertz CT molecular complexity index is 853. The fourth-order valence-electron chi connectivity index (χ4n) is 1.96. The number of anilines is 3. The summed E-state index contributed by atoms with van der Waals surface area (Å²) in [7, 11) is 0. The van der Waals surface area contributed by atoms with Gasteiger partial charge in [-0.25, -0.2) is 14.4 Å². The van der Waals surface area contributed by atoms with E-state index in [2.05, 4.69) is 36.5 Å². The average Bonchev–Trinajstić information content (AvgIpc) is 2.59. The lowest BCUT2D eigenvalue weighted by Crippen LogP contribution is -2.14. The highest BCUT2D eigenvalue weighted by atomic mass is 79.9. The lowest BCUT2D eigenvalue weighted by atomic mass is 10.3. The molecule has 0 saturated carbocycles. The molecule has 3 aromatic rings. The first-order valence-electron chi connectivity index (χ1n) is 7.02. The molecule has 0 aliphatic rings. The van der Waals surface area contributed by atoms with Gasteiger partial charge in [-0.05, 0) is 48.5 Å². The number of carbonyl (C=O) groups is 1. The van der Waals surface area contributed by atoms with Crippen molar-refractivity contribution in [3.8, 4) is 0 Å². The molecule has 1 heterocycles. The van der Waals surface area contributed by atoms with Crippen LogP contribution in [0.3, 0.4) is 0 Å². The zero-order valence-corrected chi connectivity index (χ0v) is 13.9. The SMILES string of the molecule is O=C(Nc1ccc(Br)cc1)c1cc(Nc2ccc(F)cc2)ncn1. The summed E-state index contributed by atoms with van der Waals surface area (Å²) in [5, 5.41) is 5.75. The zero-order chi connectivity index (χ0) is 16.9. The van der Waals surface area contributed by atoms with Crippen LogP contribution in [0.4, 0.5) is 21.6 Å². The Morgan fingerprint density at radius 2 is 1.62 bits per heavy atom. The van der Waals surface area contributed by atoms with Gasteiger partial charge < -0.3 is 10.6 Å². The minimum absolute atomic E-state index is 0.220. The highest BCUT2D eigenvalue weighted by Gasteiger charge is 2.09. The van der Waals surface area contributed by atoms with Gasteiger partial charge in [0.05, 0.1) is 0 Å². The maximum atomic E-state index is 12.9. The maximum Gasteiger partial charge on any atom is 0.274 e. The average molecular weight is 387 g/mol. The van der Waals surface area contributed by atoms with Crippen LogP contribution in [-0.4, -0.2) is 15.9 Å². The minimum Gasteiger partial charge on any atom is -0.340 e. The highest BCUT2D eigenvalue weighted by molar-refractivity contribution is 9.10. The van der Waals surface area contributed by atoms with Gasteiger partial charge in [0, 0.05) is 21.9 Å². The molecule has 0 fully saturated rings. The normalized spacial score (nSPS) is 10.2. The van der Waals surface area contributed by atoms with Crippen molar-refractivity contribution in [2.45, 2.75) is 0 Å². The van der Waals surface area contributed by atoms with Crippen molar-refractivity contribution in [3.05, 3.63) is 76.9 Å². The van der Waals surface area contributed by atoms with Gasteiger partial charge in [0.1, 0.15) is 23.7 Å². The predicted molar refractivity (Wildman–Crippen MR) is 93.8 cm³/mol. The molecule has 1 amide bonds. The number of nitrogens with one attached hydrogen (secondary N) is 2. The molecule has 0 saturated heterocycles. The second kappa shape index (κ2) is 7.18. The van der Waals surface area contributed by atoms with E-state index in [1.54, 1.807) is 24.3 Å². The molecule has 2 N–H and O–H groups in total. The number of aromatic nitrogens is 2. The van der Waals surface area contributed by atoms with E-state index in [1.807, 2.05) is 12.1 Å². The number of hydrogen-bond acceptors (Lipinski definition) is 4. The lowest BCUT2D eigenvalue weighted by Gasteiger charge is -2.08. The quantitative estimate of drug-likeness (QED) is 0.698. The molecule has 7 heteroatoms. The number of halogens is 2. The predicted octanol–water partition coefficient (Wildman–Crippen LogP) is 4.37. The van der Waals surface area contributed by atoms with Gasteiger partial charge in [-0.15, -0.1) is 0 Å². The third-order valence-corrected chi connectivity index (χ3v) is 3.65. The molecule has 0 aliphatic carbocycles. The first kappa shape index (κ1) is 16.1. The molecular weight excluding hydrogens is 375 g/mol. The number of rotatable bonds is 4. The standard InChI is InChI=1S/C17H12BrFN4O/c18-11-1-5-14(6-2-11)23-17(24)15-9-16(21-10-20-15)22-13-7-3-12(19)4-8-13/h1-10H,(H,23,24)(H,20,21,22). The monoisotopic (exact) mass is 386 g/mol. The number of carbonyl (C=O) groups excluding carboxylic acids is 1. The largest absolute Gasteiger partial charge is 0.340 e. The summed E-state index contributed by atoms with van der Waals surface area (Å²) < 4.78 is 13.8. The zero-order valence-electron chi connectivity index (χ0n) is 12.3. The van der Waals surface area contributed by atoms with Crippen LogP contribution in [0.1, 0.15) is 10.5 Å². The van der Waals surface area contributed by atoms with Crippen LogP contribution < -0.4 is 10.6 Å². The molecule has 0 radical (unpaired) electrons. The van der Waals surface area contributed by atoms with E-state index >= 15 is 0 Å². The van der Waals surface area contributed by atoms with Crippen LogP contribution in [0.5, 0.6) is 0 Å². The minimum atomic E-state index is -0.345. The Labute approximate surface area is 146 Å². The van der Waals surface area contributed by atoms with Crippen LogP contribution in [0, 0.1) is 5.82 Å². The Kier molecular flexibility index (Phi) is 4.81. The molecule has 0 bridgehead atoms. The summed E-state index contributed by atoms with van der Waals surface area (Å²) in [6, 6.07) is 14.6. The lowest BCUT2D eigenvalue weighted by molar-refractivity contribution is 0.102. The Balaban J connectivity index is 1.73. The van der Waals surface area contributed by atoms with Crippen LogP contribution in [0.15, 0.2) is 65.4 Å². The van der Waals surface area contributed by atoms with Gasteiger partial charge >= 0.3 is 0 Å². The Morgan fingerprint density at radius 3 is 2.33 bits per heavy atom. The topological polar surface area (TPSA) is 66.9 Å². The molecule has 5 nitrogen and oxygen atoms in total. The number of amides is 1. The fraction of sp³-hybridized carbons (Fsp3) is 0. The molecular formula is C17H12BrFN4O. The van der Waals surface area contributed by atoms with E-state index < -0.39 is 0 Å². The van der Waals surface area contributed by atoms with Crippen molar-refractivity contribution >= 4 is 39.0 Å². The van der Waals surface area contributed by atoms with Gasteiger partial charge in [0.15, 0.2) is 0 Å². The second-order valence-electron chi connectivity index (χ2n) is 4.88. The van der Waals surface area contributed by atoms with Crippen molar-refractivity contribution < 1.29 is 9.18 Å². The van der Waals surface area contributed by atoms with Gasteiger partial charge in [-0.3, -0.25) is 4.79 Å². The Hall–Kier alpha value is -2.80. The first-order chi connectivity index (χ1) is 11.6. The summed E-state index contributed by atoms with van der Waals surface area (Å²) in [4.78, 5) is 20.3. The molecule has 2 aromatic carbocycles. The molecule has 1 aromatic heterocycles. The second-order valence-corrected chi connectivity index (χ2v) is 5.80. The molecule has 0 aliphatic heterocycles. The van der Waals surface area contributed by atoms with Crippen LogP contribution in [0.25, 0.3) is 0 Å². The van der Waals surface area contributed by atoms with E-state index in [0.717, 1.165) is 4.47 Å². The van der Waals surface area contributed by atoms with Crippen LogP contribution in [0.2, 0.25) is 0 Å². The van der Waals surface area contributed by atoms with Gasteiger partial charge in [-0.2, -0.15) is 0 Å². The smallest absolute Gasteiger partial charge is 0.274 e. The van der Waals surface area contributed by atoms with Crippen molar-refractivity contribution in [1.29, 1.82) is 0 Å². The summed E-state index contributed by atoms with van der Waals surface area (Å²) >= 11 is 3.34. The Morgan fingerprint density at radius 1 is 0.958 bits per heavy atom. The van der Waals surface area contributed by atoms with E-state index in [-0.39, 0.29) is 17.4 Å². The van der Waals surface area contributed by atoms with Crippen LogP contribution in [-0.2, 0) is 0 Å². The number of benzene rings is 2. The molecule has 0 spiro atoms. The summed E-state index contributed by atoms with van der Waals surface area (Å²) in [5.74, 6) is -0.225. The molecule has 3 rings (SSSR count). The van der Waals surface area contributed by atoms with Gasteiger partial charge in [-0.1, -0.05) is 15.9 Å². The fourth-order valence-corrected chi connectivity index (χ4v) is 2.22. The van der Waals surface area contributed by atoms with E-state index in [0.29, 0.717) is 17.2 Å². The van der Waals surface area contributed by atoms with Gasteiger partial charge in [0.2, 0.25) is 0 Å². The van der Waals surface area contributed by atoms with Crippen molar-refractivity contribution in [2.75, 3.05) is 10.6 Å². The maximum absolute atomic E-state index is 12.9. The molecule has 0 atom stereocenters.